The summed E-state index contributed by atoms with van der Waals surface area (Å²) >= 11 is 0. The number of likely N-dealkylation sites (tertiary alicyclic amines) is 1. The molecular formula is C23H38N2O2. The number of anilines is 1. The van der Waals surface area contributed by atoms with Gasteiger partial charge in [0.05, 0.1) is 0 Å². The third-order valence-corrected chi connectivity index (χ3v) is 6.23. The molecule has 1 fully saturated rings. The van der Waals surface area contributed by atoms with Crippen LogP contribution in [-0.4, -0.2) is 41.1 Å². The summed E-state index contributed by atoms with van der Waals surface area (Å²) < 4.78 is 0. The third-order valence-electron chi connectivity index (χ3n) is 6.23. The largest absolute Gasteiger partial charge is 0.381 e. The Hall–Kier alpha value is -1.39. The maximum Gasteiger partial charge on any atom is 0.255 e. The number of hydrogen-bond donors (Lipinski definition) is 2. The third kappa shape index (κ3) is 5.79. The van der Waals surface area contributed by atoms with E-state index < -0.39 is 5.60 Å². The van der Waals surface area contributed by atoms with E-state index in [0.717, 1.165) is 25.2 Å². The molecule has 1 amide bonds. The van der Waals surface area contributed by atoms with Crippen LogP contribution in [-0.2, 0) is 10.2 Å². The normalized spacial score (nSPS) is 24.0. The molecule has 2 atom stereocenters. The van der Waals surface area contributed by atoms with Gasteiger partial charge in [-0.3, -0.25) is 4.79 Å². The van der Waals surface area contributed by atoms with Gasteiger partial charge in [-0.2, -0.15) is 0 Å². The van der Waals surface area contributed by atoms with Crippen LogP contribution in [0.15, 0.2) is 24.3 Å². The first-order valence-corrected chi connectivity index (χ1v) is 10.5. The van der Waals surface area contributed by atoms with E-state index in [-0.39, 0.29) is 11.3 Å². The molecular weight excluding hydrogens is 336 g/mol. The number of nitrogens with zero attached hydrogens (tertiary/aromatic N) is 1. The summed E-state index contributed by atoms with van der Waals surface area (Å²) in [5.74, 6) is 0.178. The lowest BCUT2D eigenvalue weighted by atomic mass is 9.68. The second kappa shape index (κ2) is 9.20. The highest BCUT2D eigenvalue weighted by Crippen LogP contribution is 2.40. The van der Waals surface area contributed by atoms with Gasteiger partial charge < -0.3 is 15.3 Å². The summed E-state index contributed by atoms with van der Waals surface area (Å²) in [6.07, 6.45) is 6.39. The minimum Gasteiger partial charge on any atom is -0.381 e. The molecule has 27 heavy (non-hydrogen) atoms. The van der Waals surface area contributed by atoms with Crippen molar-refractivity contribution in [2.45, 2.75) is 77.7 Å². The van der Waals surface area contributed by atoms with Gasteiger partial charge in [0.15, 0.2) is 0 Å². The second-order valence-corrected chi connectivity index (χ2v) is 9.02. The van der Waals surface area contributed by atoms with E-state index in [9.17, 15) is 9.90 Å². The Kier molecular flexibility index (Phi) is 7.47. The number of carbonyl (C=O) groups is 1. The molecule has 1 saturated heterocycles. The van der Waals surface area contributed by atoms with E-state index >= 15 is 0 Å². The molecule has 2 unspecified atom stereocenters. The summed E-state index contributed by atoms with van der Waals surface area (Å²) in [5.41, 5.74) is 0.760. The van der Waals surface area contributed by atoms with Gasteiger partial charge in [0.25, 0.3) is 5.91 Å². The van der Waals surface area contributed by atoms with Crippen LogP contribution >= 0.6 is 0 Å². The zero-order chi connectivity index (χ0) is 20.1. The van der Waals surface area contributed by atoms with Crippen LogP contribution in [0.25, 0.3) is 0 Å². The number of unbranched alkanes of at least 4 members (excludes halogenated alkanes) is 3. The lowest BCUT2D eigenvalue weighted by molar-refractivity contribution is -0.130. The van der Waals surface area contributed by atoms with E-state index in [1.165, 1.54) is 51.6 Å². The first kappa shape index (κ1) is 21.9. The molecule has 0 aliphatic carbocycles. The van der Waals surface area contributed by atoms with Gasteiger partial charge in [-0.15, -0.1) is 0 Å². The molecule has 0 bridgehead atoms. The molecule has 4 nitrogen and oxygen atoms in total. The average Bonchev–Trinajstić information content (AvgIpc) is 2.61. The molecule has 1 aromatic carbocycles. The van der Waals surface area contributed by atoms with E-state index in [1.807, 2.05) is 12.1 Å². The fourth-order valence-corrected chi connectivity index (χ4v) is 3.95. The van der Waals surface area contributed by atoms with Gasteiger partial charge in [-0.05, 0) is 68.8 Å². The summed E-state index contributed by atoms with van der Waals surface area (Å²) in [5, 5.41) is 12.7. The van der Waals surface area contributed by atoms with Crippen molar-refractivity contribution in [3.8, 4) is 0 Å². The molecule has 2 N–H and O–H groups in total. The van der Waals surface area contributed by atoms with Crippen molar-refractivity contribution < 1.29 is 9.90 Å². The van der Waals surface area contributed by atoms with Gasteiger partial charge in [-0.25, -0.2) is 0 Å². The van der Waals surface area contributed by atoms with E-state index in [2.05, 4.69) is 43.1 Å². The van der Waals surface area contributed by atoms with Crippen LogP contribution in [0.1, 0.15) is 72.3 Å². The van der Waals surface area contributed by atoms with Crippen molar-refractivity contribution in [1.82, 2.24) is 4.90 Å². The minimum absolute atomic E-state index is 0.107. The fraction of sp³-hybridized carbons (Fsp3) is 0.696. The zero-order valence-corrected chi connectivity index (χ0v) is 17.8. The van der Waals surface area contributed by atoms with Crippen molar-refractivity contribution in [1.29, 1.82) is 0 Å². The first-order valence-electron chi connectivity index (χ1n) is 10.5. The maximum atomic E-state index is 12.1. The van der Waals surface area contributed by atoms with Crippen LogP contribution < -0.4 is 5.32 Å². The summed E-state index contributed by atoms with van der Waals surface area (Å²) in [7, 11) is 0. The average molecular weight is 375 g/mol. The Balaban J connectivity index is 2.03. The predicted molar refractivity (Wildman–Crippen MR) is 113 cm³/mol. The molecule has 0 spiro atoms. The van der Waals surface area contributed by atoms with Crippen LogP contribution in [0.2, 0.25) is 0 Å². The standard InChI is InChI=1S/C23H38N2O2/c1-6-7-8-9-14-25-15-13-23(5,18(2)17-25)19-11-10-12-20(16-19)24-21(26)22(3,4)27/h10-12,16,18,27H,6-9,13-15,17H2,1-5H3,(H,24,26). The lowest BCUT2D eigenvalue weighted by Gasteiger charge is -2.45. The van der Waals surface area contributed by atoms with Gasteiger partial charge in [-0.1, -0.05) is 52.2 Å². The van der Waals surface area contributed by atoms with E-state index in [4.69, 9.17) is 0 Å². The van der Waals surface area contributed by atoms with Crippen LogP contribution in [0.4, 0.5) is 5.69 Å². The predicted octanol–water partition coefficient (Wildman–Crippen LogP) is 4.58. The number of benzene rings is 1. The van der Waals surface area contributed by atoms with Crippen molar-refractivity contribution in [3.05, 3.63) is 29.8 Å². The molecule has 2 rings (SSSR count). The van der Waals surface area contributed by atoms with Gasteiger partial charge in [0.2, 0.25) is 0 Å². The Bertz CT molecular complexity index is 623. The second-order valence-electron chi connectivity index (χ2n) is 9.02. The molecule has 152 valence electrons. The number of piperidine rings is 1. The zero-order valence-electron chi connectivity index (χ0n) is 17.8. The van der Waals surface area contributed by atoms with Gasteiger partial charge in [0, 0.05) is 12.2 Å². The monoisotopic (exact) mass is 374 g/mol. The highest BCUT2D eigenvalue weighted by Gasteiger charge is 2.38. The van der Waals surface area contributed by atoms with E-state index in [0.29, 0.717) is 5.92 Å². The molecule has 0 aromatic heterocycles. The quantitative estimate of drug-likeness (QED) is 0.655. The maximum absolute atomic E-state index is 12.1. The Morgan fingerprint density at radius 2 is 2.07 bits per heavy atom. The Morgan fingerprint density at radius 1 is 1.33 bits per heavy atom. The van der Waals surface area contributed by atoms with Gasteiger partial charge in [0.1, 0.15) is 5.60 Å². The highest BCUT2D eigenvalue weighted by atomic mass is 16.3. The molecule has 1 aliphatic rings. The number of hydrogen-bond acceptors (Lipinski definition) is 3. The molecule has 1 aromatic rings. The Labute approximate surface area is 165 Å². The lowest BCUT2D eigenvalue weighted by Crippen LogP contribution is -2.47. The Morgan fingerprint density at radius 3 is 2.70 bits per heavy atom. The number of carbonyl (C=O) groups excluding carboxylic acids is 1. The van der Waals surface area contributed by atoms with E-state index in [1.54, 1.807) is 0 Å². The van der Waals surface area contributed by atoms with Crippen molar-refractivity contribution in [2.75, 3.05) is 25.0 Å². The number of rotatable bonds is 8. The molecule has 4 heteroatoms. The van der Waals surface area contributed by atoms with Crippen LogP contribution in [0, 0.1) is 5.92 Å². The summed E-state index contributed by atoms with van der Waals surface area (Å²) in [6, 6.07) is 8.15. The van der Waals surface area contributed by atoms with Gasteiger partial charge >= 0.3 is 0 Å². The highest BCUT2D eigenvalue weighted by molar-refractivity contribution is 5.96. The van der Waals surface area contributed by atoms with Crippen molar-refractivity contribution in [3.63, 3.8) is 0 Å². The molecule has 0 radical (unpaired) electrons. The first-order chi connectivity index (χ1) is 12.7. The minimum atomic E-state index is -1.38. The SMILES string of the molecule is CCCCCCN1CCC(C)(c2cccc(NC(=O)C(C)(C)O)c2)C(C)C1. The number of nitrogens with one attached hydrogen (secondary N) is 1. The number of aliphatic hydroxyl groups is 1. The van der Waals surface area contributed by atoms with Crippen molar-refractivity contribution in [2.24, 2.45) is 5.92 Å². The molecule has 0 saturated carbocycles. The fourth-order valence-electron chi connectivity index (χ4n) is 3.95. The molecule has 1 heterocycles. The number of amides is 1. The van der Waals surface area contributed by atoms with Crippen LogP contribution in [0.5, 0.6) is 0 Å². The molecule has 1 aliphatic heterocycles. The summed E-state index contributed by atoms with van der Waals surface area (Å²) in [6.45, 7) is 13.4. The van der Waals surface area contributed by atoms with Crippen LogP contribution in [0.3, 0.4) is 0 Å². The topological polar surface area (TPSA) is 52.6 Å². The summed E-state index contributed by atoms with van der Waals surface area (Å²) in [4.78, 5) is 14.7. The smallest absolute Gasteiger partial charge is 0.255 e. The van der Waals surface area contributed by atoms with Crippen molar-refractivity contribution >= 4 is 11.6 Å².